The molecule has 0 fully saturated rings. The second-order valence-corrected chi connectivity index (χ2v) is 5.39. The van der Waals surface area contributed by atoms with E-state index in [2.05, 4.69) is 21.1 Å². The third kappa shape index (κ3) is 2.17. The first-order valence-electron chi connectivity index (χ1n) is 7.24. The molecule has 23 heavy (non-hydrogen) atoms. The monoisotopic (exact) mass is 299 g/mol. The van der Waals surface area contributed by atoms with E-state index in [1.54, 1.807) is 6.20 Å². The lowest BCUT2D eigenvalue weighted by atomic mass is 10.1. The summed E-state index contributed by atoms with van der Waals surface area (Å²) in [6.07, 6.45) is 7.48. The first-order chi connectivity index (χ1) is 11.3. The van der Waals surface area contributed by atoms with E-state index in [1.165, 1.54) is 0 Å². The van der Waals surface area contributed by atoms with Crippen LogP contribution < -0.4 is 0 Å². The van der Waals surface area contributed by atoms with Crippen molar-refractivity contribution in [2.45, 2.75) is 6.92 Å². The third-order valence-corrected chi connectivity index (χ3v) is 3.94. The molecular weight excluding hydrogens is 286 g/mol. The Morgan fingerprint density at radius 2 is 2.13 bits per heavy atom. The summed E-state index contributed by atoms with van der Waals surface area (Å²) in [5.41, 5.74) is 5.56. The van der Waals surface area contributed by atoms with Gasteiger partial charge >= 0.3 is 0 Å². The fourth-order valence-corrected chi connectivity index (χ4v) is 2.73. The number of fused-ring (bicyclic) bond motifs is 1. The molecule has 3 heterocycles. The molecule has 1 N–H and O–H groups in total. The van der Waals surface area contributed by atoms with E-state index in [9.17, 15) is 0 Å². The minimum atomic E-state index is 0.625. The summed E-state index contributed by atoms with van der Waals surface area (Å²) in [5.74, 6) is 0. The van der Waals surface area contributed by atoms with Gasteiger partial charge in [-0.05, 0) is 42.3 Å². The topological polar surface area (TPSA) is 70.3 Å². The van der Waals surface area contributed by atoms with Crippen LogP contribution in [0.1, 0.15) is 11.1 Å². The number of nitrogens with one attached hydrogen (secondary N) is 1. The van der Waals surface area contributed by atoms with Gasteiger partial charge in [0.15, 0.2) is 0 Å². The molecule has 0 aliphatic rings. The molecule has 0 saturated heterocycles. The molecule has 110 valence electrons. The highest BCUT2D eigenvalue weighted by Crippen LogP contribution is 2.27. The van der Waals surface area contributed by atoms with Gasteiger partial charge in [0.1, 0.15) is 5.65 Å². The van der Waals surface area contributed by atoms with Gasteiger partial charge in [-0.25, -0.2) is 9.67 Å². The van der Waals surface area contributed by atoms with Crippen molar-refractivity contribution in [2.75, 3.05) is 0 Å². The number of nitrogens with zero attached hydrogens (tertiary/aromatic N) is 4. The summed E-state index contributed by atoms with van der Waals surface area (Å²) in [7, 11) is 0. The second-order valence-electron chi connectivity index (χ2n) is 5.39. The number of benzene rings is 1. The molecule has 3 aromatic heterocycles. The Balaban J connectivity index is 1.84. The van der Waals surface area contributed by atoms with Crippen LogP contribution in [0, 0.1) is 18.3 Å². The van der Waals surface area contributed by atoms with E-state index < -0.39 is 0 Å². The van der Waals surface area contributed by atoms with Gasteiger partial charge < -0.3 is 4.98 Å². The summed E-state index contributed by atoms with van der Waals surface area (Å²) in [5, 5.41) is 14.6. The molecule has 0 unspecified atom stereocenters. The summed E-state index contributed by atoms with van der Waals surface area (Å²) in [6.45, 7) is 2.01. The Bertz CT molecular complexity index is 1050. The minimum Gasteiger partial charge on any atom is -0.346 e. The number of hydrogen-bond donors (Lipinski definition) is 1. The molecule has 0 bridgehead atoms. The van der Waals surface area contributed by atoms with Crippen LogP contribution in [-0.4, -0.2) is 19.7 Å². The predicted octanol–water partition coefficient (Wildman–Crippen LogP) is 3.60. The van der Waals surface area contributed by atoms with E-state index in [0.29, 0.717) is 5.56 Å². The summed E-state index contributed by atoms with van der Waals surface area (Å²) in [4.78, 5) is 7.43. The maximum absolute atomic E-state index is 9.09. The quantitative estimate of drug-likeness (QED) is 0.615. The lowest BCUT2D eigenvalue weighted by Crippen LogP contribution is -1.97. The number of nitriles is 1. The number of pyridine rings is 1. The van der Waals surface area contributed by atoms with Gasteiger partial charge in [0.25, 0.3) is 0 Å². The van der Waals surface area contributed by atoms with Crippen LogP contribution in [0.4, 0.5) is 0 Å². The molecule has 1 aromatic carbocycles. The number of aromatic amines is 1. The fourth-order valence-electron chi connectivity index (χ4n) is 2.73. The molecule has 0 amide bonds. The third-order valence-electron chi connectivity index (χ3n) is 3.94. The fraction of sp³-hybridized carbons (Fsp3) is 0.0556. The normalized spacial score (nSPS) is 10.8. The highest BCUT2D eigenvalue weighted by molar-refractivity contribution is 5.92. The van der Waals surface area contributed by atoms with E-state index in [-0.39, 0.29) is 0 Å². The first kappa shape index (κ1) is 13.3. The Kier molecular flexibility index (Phi) is 2.95. The molecule has 0 aliphatic heterocycles. The van der Waals surface area contributed by atoms with E-state index in [0.717, 1.165) is 33.4 Å². The molecule has 0 aliphatic carbocycles. The zero-order valence-corrected chi connectivity index (χ0v) is 12.5. The van der Waals surface area contributed by atoms with Crippen molar-refractivity contribution in [3.05, 3.63) is 66.2 Å². The summed E-state index contributed by atoms with van der Waals surface area (Å²) < 4.78 is 1.81. The zero-order valence-electron chi connectivity index (χ0n) is 12.5. The van der Waals surface area contributed by atoms with E-state index in [1.807, 2.05) is 60.5 Å². The largest absolute Gasteiger partial charge is 0.346 e. The van der Waals surface area contributed by atoms with Crippen molar-refractivity contribution in [3.63, 3.8) is 0 Å². The lowest BCUT2D eigenvalue weighted by molar-refractivity contribution is 0.872. The van der Waals surface area contributed by atoms with Gasteiger partial charge in [-0.2, -0.15) is 10.4 Å². The number of aromatic nitrogens is 4. The Hall–Kier alpha value is -3.39. The van der Waals surface area contributed by atoms with Gasteiger partial charge in [-0.1, -0.05) is 6.07 Å². The number of H-pyrrole nitrogens is 1. The molecule has 0 spiro atoms. The highest BCUT2D eigenvalue weighted by Gasteiger charge is 2.10. The van der Waals surface area contributed by atoms with Crippen molar-refractivity contribution in [1.82, 2.24) is 19.7 Å². The molecular formula is C18H13N5. The standard InChI is InChI=1S/C18H13N5/c1-12-2-3-13(9-19)8-17(12)23-11-14(10-22-23)15-4-6-20-18-16(15)5-7-21-18/h2-8,10-11H,1H3,(H,20,21). The van der Waals surface area contributed by atoms with Gasteiger partial charge in [0.05, 0.1) is 23.5 Å². The second kappa shape index (κ2) is 5.11. The molecule has 5 heteroatoms. The average Bonchev–Trinajstić information content (AvgIpc) is 3.24. The van der Waals surface area contributed by atoms with Gasteiger partial charge in [-0.15, -0.1) is 0 Å². The molecule has 4 aromatic rings. The SMILES string of the molecule is Cc1ccc(C#N)cc1-n1cc(-c2ccnc3[nH]ccc23)cn1. The molecule has 4 rings (SSSR count). The molecule has 5 nitrogen and oxygen atoms in total. The van der Waals surface area contributed by atoms with Crippen LogP contribution in [0.2, 0.25) is 0 Å². The van der Waals surface area contributed by atoms with Crippen molar-refractivity contribution in [3.8, 4) is 22.9 Å². The maximum Gasteiger partial charge on any atom is 0.137 e. The van der Waals surface area contributed by atoms with Crippen LogP contribution in [0.3, 0.4) is 0 Å². The van der Waals surface area contributed by atoms with Crippen molar-refractivity contribution < 1.29 is 0 Å². The van der Waals surface area contributed by atoms with E-state index >= 15 is 0 Å². The van der Waals surface area contributed by atoms with E-state index in [4.69, 9.17) is 5.26 Å². The maximum atomic E-state index is 9.09. The zero-order chi connectivity index (χ0) is 15.8. The van der Waals surface area contributed by atoms with Crippen molar-refractivity contribution in [2.24, 2.45) is 0 Å². The summed E-state index contributed by atoms with van der Waals surface area (Å²) >= 11 is 0. The van der Waals surface area contributed by atoms with Gasteiger partial charge in [-0.3, -0.25) is 0 Å². The smallest absolute Gasteiger partial charge is 0.137 e. The molecule has 0 radical (unpaired) electrons. The van der Waals surface area contributed by atoms with Crippen LogP contribution >= 0.6 is 0 Å². The van der Waals surface area contributed by atoms with Crippen molar-refractivity contribution in [1.29, 1.82) is 5.26 Å². The van der Waals surface area contributed by atoms with Gasteiger partial charge in [0, 0.05) is 29.5 Å². The van der Waals surface area contributed by atoms with Crippen LogP contribution in [0.15, 0.2) is 55.1 Å². The minimum absolute atomic E-state index is 0.625. The lowest BCUT2D eigenvalue weighted by Gasteiger charge is -2.06. The molecule has 0 saturated carbocycles. The highest BCUT2D eigenvalue weighted by atomic mass is 15.3. The predicted molar refractivity (Wildman–Crippen MR) is 88.1 cm³/mol. The Labute approximate surface area is 132 Å². The van der Waals surface area contributed by atoms with Crippen LogP contribution in [0.5, 0.6) is 0 Å². The molecule has 0 atom stereocenters. The first-order valence-corrected chi connectivity index (χ1v) is 7.24. The summed E-state index contributed by atoms with van der Waals surface area (Å²) in [6, 6.07) is 11.8. The van der Waals surface area contributed by atoms with Gasteiger partial charge in [0.2, 0.25) is 0 Å². The van der Waals surface area contributed by atoms with Crippen LogP contribution in [0.25, 0.3) is 27.8 Å². The number of aryl methyl sites for hydroxylation is 1. The van der Waals surface area contributed by atoms with Crippen LogP contribution in [-0.2, 0) is 0 Å². The Morgan fingerprint density at radius 3 is 3.00 bits per heavy atom. The van der Waals surface area contributed by atoms with Crippen molar-refractivity contribution >= 4 is 11.0 Å². The average molecular weight is 299 g/mol. The Morgan fingerprint density at radius 1 is 1.22 bits per heavy atom. The number of hydrogen-bond acceptors (Lipinski definition) is 3. The number of rotatable bonds is 2.